The number of aromatic carboxylic acids is 3. The molecule has 0 atom stereocenters. The van der Waals surface area contributed by atoms with Crippen LogP contribution < -0.4 is 38.6 Å². The summed E-state index contributed by atoms with van der Waals surface area (Å²) in [5.74, 6) is -1.87. The molecule has 0 fully saturated rings. The molecular formula is C35H32Br2ClFMg2O13+2. The van der Waals surface area contributed by atoms with E-state index in [1.54, 1.807) is 6.92 Å². The van der Waals surface area contributed by atoms with Crippen LogP contribution in [0.15, 0.2) is 63.5 Å². The van der Waals surface area contributed by atoms with Gasteiger partial charge in [-0.25, -0.2) is 9.18 Å². The predicted octanol–water partition coefficient (Wildman–Crippen LogP) is 4.90. The first-order valence-electron chi connectivity index (χ1n) is 14.2. The number of halogens is 4. The van der Waals surface area contributed by atoms with E-state index >= 15 is 0 Å². The maximum atomic E-state index is 12.6. The molecule has 0 heterocycles. The number of hydrogen-bond acceptors (Lipinski definition) is 12. The molecule has 0 spiro atoms. The van der Waals surface area contributed by atoms with Crippen LogP contribution in [0.5, 0.6) is 34.5 Å². The van der Waals surface area contributed by atoms with Crippen LogP contribution >= 0.6 is 43.5 Å². The molecule has 13 nitrogen and oxygen atoms in total. The van der Waals surface area contributed by atoms with E-state index in [1.807, 2.05) is 0 Å². The molecule has 0 bridgehead atoms. The minimum absolute atomic E-state index is 0. The number of carboxylic acids is 3. The molecule has 19 heteroatoms. The zero-order valence-electron chi connectivity index (χ0n) is 30.0. The van der Waals surface area contributed by atoms with Gasteiger partial charge in [-0.1, -0.05) is 17.7 Å². The number of aldehydes is 1. The second-order valence-electron chi connectivity index (χ2n) is 9.54. The second kappa shape index (κ2) is 26.3. The van der Waals surface area contributed by atoms with Gasteiger partial charge in [0.05, 0.1) is 74.1 Å². The summed E-state index contributed by atoms with van der Waals surface area (Å²) in [5.41, 5.74) is 0.839. The molecule has 54 heavy (non-hydrogen) atoms. The van der Waals surface area contributed by atoms with Gasteiger partial charge in [0.2, 0.25) is 0 Å². The van der Waals surface area contributed by atoms with Crippen LogP contribution in [-0.4, -0.2) is 118 Å². The van der Waals surface area contributed by atoms with E-state index in [4.69, 9.17) is 45.1 Å². The summed E-state index contributed by atoms with van der Waals surface area (Å²) in [6.45, 7) is 1.75. The molecule has 4 rings (SSSR count). The summed E-state index contributed by atoms with van der Waals surface area (Å²) in [5, 5.41) is 30.2. The van der Waals surface area contributed by atoms with E-state index in [9.17, 15) is 33.8 Å². The SMILES string of the molecule is COc1cc(OC)c(C(=O)O)cc1Br.COc1cc(OC)c(C(=O)[O-])cc1Br.COc1cc(OC)c(C(=O)[O-])cc1C.O=Cc1cccc(Cl)c1F.[Mg+2].[Mg+2]. The van der Waals surface area contributed by atoms with Gasteiger partial charge in [0.15, 0.2) is 12.1 Å². The molecule has 0 saturated heterocycles. The van der Waals surface area contributed by atoms with Gasteiger partial charge in [-0.2, -0.15) is 0 Å². The van der Waals surface area contributed by atoms with Crippen LogP contribution in [0.25, 0.3) is 0 Å². The van der Waals surface area contributed by atoms with Crippen LogP contribution in [-0.2, 0) is 0 Å². The fourth-order valence-corrected chi connectivity index (χ4v) is 5.07. The molecular weight excluding hydrogens is 891 g/mol. The summed E-state index contributed by atoms with van der Waals surface area (Å²) in [6, 6.07) is 13.1. The van der Waals surface area contributed by atoms with Crippen molar-refractivity contribution < 1.29 is 67.3 Å². The second-order valence-corrected chi connectivity index (χ2v) is 11.7. The van der Waals surface area contributed by atoms with Crippen molar-refractivity contribution in [2.24, 2.45) is 0 Å². The fraction of sp³-hybridized carbons (Fsp3) is 0.200. The van der Waals surface area contributed by atoms with Crippen molar-refractivity contribution in [2.75, 3.05) is 42.7 Å². The summed E-state index contributed by atoms with van der Waals surface area (Å²) in [6.07, 6.45) is 0.432. The molecule has 0 radical (unpaired) electrons. The maximum Gasteiger partial charge on any atom is 2.00 e. The van der Waals surface area contributed by atoms with Gasteiger partial charge in [0, 0.05) is 29.3 Å². The average molecular weight is 923 g/mol. The summed E-state index contributed by atoms with van der Waals surface area (Å²) in [4.78, 5) is 42.3. The molecule has 280 valence electrons. The number of benzene rings is 4. The molecule has 0 saturated carbocycles. The van der Waals surface area contributed by atoms with Crippen molar-refractivity contribution in [2.45, 2.75) is 6.92 Å². The normalized spacial score (nSPS) is 9.24. The third-order valence-corrected chi connectivity index (χ3v) is 7.97. The van der Waals surface area contributed by atoms with Gasteiger partial charge in [-0.15, -0.1) is 0 Å². The zero-order valence-corrected chi connectivity index (χ0v) is 36.8. The number of rotatable bonds is 10. The van der Waals surface area contributed by atoms with Crippen molar-refractivity contribution in [1.29, 1.82) is 0 Å². The molecule has 0 aliphatic rings. The first-order valence-corrected chi connectivity index (χ1v) is 16.1. The van der Waals surface area contributed by atoms with Crippen LogP contribution in [0, 0.1) is 12.7 Å². The average Bonchev–Trinajstić information content (AvgIpc) is 3.13. The molecule has 0 aliphatic carbocycles. The Morgan fingerprint density at radius 3 is 1.39 bits per heavy atom. The number of hydrogen-bond donors (Lipinski definition) is 1. The van der Waals surface area contributed by atoms with E-state index in [-0.39, 0.29) is 90.6 Å². The molecule has 4 aromatic carbocycles. The van der Waals surface area contributed by atoms with E-state index in [0.29, 0.717) is 32.5 Å². The molecule has 4 aromatic rings. The topological polar surface area (TPSA) is 190 Å². The molecule has 0 aliphatic heterocycles. The Morgan fingerprint density at radius 1 is 0.667 bits per heavy atom. The number of aryl methyl sites for hydroxylation is 1. The number of carbonyl (C=O) groups excluding carboxylic acids is 3. The molecule has 0 unspecified atom stereocenters. The van der Waals surface area contributed by atoms with Crippen molar-refractivity contribution in [3.8, 4) is 34.5 Å². The van der Waals surface area contributed by atoms with Gasteiger partial charge >= 0.3 is 52.1 Å². The first-order chi connectivity index (χ1) is 24.5. The van der Waals surface area contributed by atoms with E-state index in [0.717, 1.165) is 5.56 Å². The minimum Gasteiger partial charge on any atom is -0.545 e. The van der Waals surface area contributed by atoms with Crippen molar-refractivity contribution >= 4 is 114 Å². The summed E-state index contributed by atoms with van der Waals surface area (Å²) >= 11 is 11.7. The van der Waals surface area contributed by atoms with Gasteiger partial charge < -0.3 is 53.3 Å². The predicted molar refractivity (Wildman–Crippen MR) is 203 cm³/mol. The number of ether oxygens (including phenoxy) is 6. The fourth-order valence-electron chi connectivity index (χ4n) is 3.88. The van der Waals surface area contributed by atoms with Gasteiger partial charge in [-0.3, -0.25) is 4.79 Å². The van der Waals surface area contributed by atoms with Crippen LogP contribution in [0.4, 0.5) is 4.39 Å². The quantitative estimate of drug-likeness (QED) is 0.167. The smallest absolute Gasteiger partial charge is 0.545 e. The molecule has 0 aromatic heterocycles. The monoisotopic (exact) mass is 920 g/mol. The molecule has 1 N–H and O–H groups in total. The Hall–Kier alpha value is -3.53. The Bertz CT molecular complexity index is 1730. The van der Waals surface area contributed by atoms with Crippen LogP contribution in [0.3, 0.4) is 0 Å². The van der Waals surface area contributed by atoms with E-state index in [1.165, 1.54) is 97.3 Å². The van der Waals surface area contributed by atoms with Crippen molar-refractivity contribution in [3.63, 3.8) is 0 Å². The Labute approximate surface area is 364 Å². The Kier molecular flexibility index (Phi) is 25.6. The third kappa shape index (κ3) is 15.3. The van der Waals surface area contributed by atoms with E-state index in [2.05, 4.69) is 31.9 Å². The summed E-state index contributed by atoms with van der Waals surface area (Å²) in [7, 11) is 8.69. The largest absolute Gasteiger partial charge is 2.00 e. The summed E-state index contributed by atoms with van der Waals surface area (Å²) < 4.78 is 43.5. The van der Waals surface area contributed by atoms with Crippen molar-refractivity contribution in [3.05, 3.63) is 102 Å². The maximum absolute atomic E-state index is 12.6. The van der Waals surface area contributed by atoms with Gasteiger partial charge in [-0.05, 0) is 74.7 Å². The number of carboxylic acid groups (broad SMARTS) is 3. The first kappa shape index (κ1) is 52.6. The standard InChI is InChI=1S/C10H12O4.2C9H9BrO4.C7H4ClFO.2Mg/c1-6-4-7(10(11)12)9(14-3)5-8(6)13-2;2*1-13-7-4-8(14-2)6(10)3-5(7)9(11)12;8-6-3-1-2-5(4-10)7(6)9;;/h4-5H,1-3H3,(H,11,12);2*3-4H,1-2H3,(H,11,12);1-4H;;/q;;;;2*+2/p-2. The Morgan fingerprint density at radius 2 is 1.04 bits per heavy atom. The van der Waals surface area contributed by atoms with Crippen LogP contribution in [0.1, 0.15) is 47.0 Å². The molecule has 0 amide bonds. The van der Waals surface area contributed by atoms with Gasteiger partial charge in [0.25, 0.3) is 0 Å². The Balaban J connectivity index is 0. The van der Waals surface area contributed by atoms with Crippen molar-refractivity contribution in [1.82, 2.24) is 0 Å². The van der Waals surface area contributed by atoms with Gasteiger partial charge in [0.1, 0.15) is 40.1 Å². The third-order valence-electron chi connectivity index (χ3n) is 6.44. The van der Waals surface area contributed by atoms with Crippen LogP contribution in [0.2, 0.25) is 5.02 Å². The van der Waals surface area contributed by atoms with E-state index < -0.39 is 23.7 Å². The number of carbonyl (C=O) groups is 4. The zero-order chi connectivity index (χ0) is 39.7. The minimum atomic E-state index is -1.29. The number of methoxy groups -OCH3 is 6.